The lowest BCUT2D eigenvalue weighted by Crippen LogP contribution is -2.49. The van der Waals surface area contributed by atoms with Crippen LogP contribution in [0.25, 0.3) is 0 Å². The lowest BCUT2D eigenvalue weighted by Gasteiger charge is -2.36. The number of carbonyl (C=O) groups is 1. The number of nitrogens with zero attached hydrogens (tertiary/aromatic N) is 2. The number of halogens is 1. The van der Waals surface area contributed by atoms with Crippen molar-refractivity contribution in [2.45, 2.75) is 19.9 Å². The monoisotopic (exact) mass is 361 g/mol. The molecule has 0 bridgehead atoms. The first-order valence-corrected chi connectivity index (χ1v) is 9.48. The van der Waals surface area contributed by atoms with E-state index in [1.165, 1.54) is 21.9 Å². The van der Waals surface area contributed by atoms with E-state index in [4.69, 9.17) is 0 Å². The summed E-state index contributed by atoms with van der Waals surface area (Å²) < 4.78 is 13.0. The molecule has 2 aromatic rings. The predicted molar refractivity (Wildman–Crippen MR) is 101 cm³/mol. The van der Waals surface area contributed by atoms with E-state index < -0.39 is 0 Å². The summed E-state index contributed by atoms with van der Waals surface area (Å²) in [4.78, 5) is 19.1. The second-order valence-corrected chi connectivity index (χ2v) is 7.66. The molecule has 25 heavy (non-hydrogen) atoms. The average molecular weight is 361 g/mol. The summed E-state index contributed by atoms with van der Waals surface area (Å²) in [5.41, 5.74) is 1.02. The SMILES string of the molecule is Cc1ccc(CNCCC(=O)N2CCN(c3ccc(F)cc3)CC2)s1. The molecule has 0 radical (unpaired) electrons. The summed E-state index contributed by atoms with van der Waals surface area (Å²) in [7, 11) is 0. The molecule has 1 N–H and O–H groups in total. The first kappa shape index (κ1) is 17.9. The van der Waals surface area contributed by atoms with E-state index >= 15 is 0 Å². The molecule has 1 fully saturated rings. The van der Waals surface area contributed by atoms with Crippen LogP contribution in [0.1, 0.15) is 16.2 Å². The molecule has 0 unspecified atom stereocenters. The third kappa shape index (κ3) is 5.03. The molecule has 1 aromatic heterocycles. The van der Waals surface area contributed by atoms with E-state index in [-0.39, 0.29) is 11.7 Å². The number of carbonyl (C=O) groups excluding carboxylic acids is 1. The molecule has 1 aromatic carbocycles. The number of thiophene rings is 1. The molecule has 1 amide bonds. The van der Waals surface area contributed by atoms with Crippen molar-refractivity contribution in [3.05, 3.63) is 52.0 Å². The maximum atomic E-state index is 13.0. The minimum Gasteiger partial charge on any atom is -0.368 e. The highest BCUT2D eigenvalue weighted by molar-refractivity contribution is 7.11. The van der Waals surface area contributed by atoms with Crippen LogP contribution in [0.2, 0.25) is 0 Å². The van der Waals surface area contributed by atoms with Crippen molar-refractivity contribution in [3.8, 4) is 0 Å². The molecule has 1 saturated heterocycles. The molecule has 1 aliphatic heterocycles. The molecule has 0 aliphatic carbocycles. The van der Waals surface area contributed by atoms with Gasteiger partial charge < -0.3 is 15.1 Å². The maximum Gasteiger partial charge on any atom is 0.223 e. The predicted octanol–water partition coefficient (Wildman–Crippen LogP) is 3.02. The van der Waals surface area contributed by atoms with Crippen LogP contribution in [-0.2, 0) is 11.3 Å². The maximum absolute atomic E-state index is 13.0. The van der Waals surface area contributed by atoms with Crippen molar-refractivity contribution in [2.24, 2.45) is 0 Å². The van der Waals surface area contributed by atoms with Crippen LogP contribution in [0.15, 0.2) is 36.4 Å². The van der Waals surface area contributed by atoms with Crippen molar-refractivity contribution in [1.29, 1.82) is 0 Å². The summed E-state index contributed by atoms with van der Waals surface area (Å²) in [5, 5.41) is 3.34. The highest BCUT2D eigenvalue weighted by Crippen LogP contribution is 2.17. The second kappa shape index (κ2) is 8.45. The summed E-state index contributed by atoms with van der Waals surface area (Å²) in [6.07, 6.45) is 0.529. The number of rotatable bonds is 6. The van der Waals surface area contributed by atoms with E-state index in [2.05, 4.69) is 29.3 Å². The first-order chi connectivity index (χ1) is 12.1. The van der Waals surface area contributed by atoms with Crippen molar-refractivity contribution in [2.75, 3.05) is 37.6 Å². The zero-order valence-electron chi connectivity index (χ0n) is 14.5. The Kier molecular flexibility index (Phi) is 6.04. The molecule has 134 valence electrons. The number of benzene rings is 1. The van der Waals surface area contributed by atoms with Gasteiger partial charge in [0.25, 0.3) is 0 Å². The van der Waals surface area contributed by atoms with Crippen LogP contribution >= 0.6 is 11.3 Å². The Bertz CT molecular complexity index is 693. The van der Waals surface area contributed by atoms with Gasteiger partial charge in [0.2, 0.25) is 5.91 Å². The Morgan fingerprint density at radius 2 is 1.84 bits per heavy atom. The molecular weight excluding hydrogens is 337 g/mol. The highest BCUT2D eigenvalue weighted by Gasteiger charge is 2.20. The minimum atomic E-state index is -0.220. The Labute approximate surface area is 152 Å². The molecule has 4 nitrogen and oxygen atoms in total. The summed E-state index contributed by atoms with van der Waals surface area (Å²) in [6, 6.07) is 10.8. The van der Waals surface area contributed by atoms with Gasteiger partial charge in [-0.05, 0) is 43.3 Å². The van der Waals surface area contributed by atoms with Crippen LogP contribution in [-0.4, -0.2) is 43.5 Å². The van der Waals surface area contributed by atoms with E-state index in [9.17, 15) is 9.18 Å². The van der Waals surface area contributed by atoms with Crippen LogP contribution in [0, 0.1) is 12.7 Å². The molecule has 3 rings (SSSR count). The second-order valence-electron chi connectivity index (χ2n) is 6.28. The van der Waals surface area contributed by atoms with Gasteiger partial charge in [-0.15, -0.1) is 11.3 Å². The van der Waals surface area contributed by atoms with Crippen LogP contribution in [0.3, 0.4) is 0 Å². The Morgan fingerprint density at radius 1 is 1.12 bits per heavy atom. The summed E-state index contributed by atoms with van der Waals surface area (Å²) in [6.45, 7) is 6.65. The lowest BCUT2D eigenvalue weighted by atomic mass is 10.2. The van der Waals surface area contributed by atoms with Gasteiger partial charge in [-0.25, -0.2) is 4.39 Å². The Hall–Kier alpha value is -1.92. The topological polar surface area (TPSA) is 35.6 Å². The van der Waals surface area contributed by atoms with E-state index in [0.29, 0.717) is 13.0 Å². The normalized spacial score (nSPS) is 14.8. The van der Waals surface area contributed by atoms with Crippen molar-refractivity contribution < 1.29 is 9.18 Å². The van der Waals surface area contributed by atoms with Crippen LogP contribution < -0.4 is 10.2 Å². The molecule has 2 heterocycles. The van der Waals surface area contributed by atoms with E-state index in [0.717, 1.165) is 38.4 Å². The quantitative estimate of drug-likeness (QED) is 0.804. The molecule has 1 aliphatic rings. The summed E-state index contributed by atoms with van der Waals surface area (Å²) >= 11 is 1.79. The molecule has 0 spiro atoms. The fourth-order valence-electron chi connectivity index (χ4n) is 3.01. The number of amides is 1. The van der Waals surface area contributed by atoms with E-state index in [1.54, 1.807) is 23.5 Å². The fourth-order valence-corrected chi connectivity index (χ4v) is 3.87. The molecule has 0 saturated carbocycles. The van der Waals surface area contributed by atoms with E-state index in [1.807, 2.05) is 4.90 Å². The minimum absolute atomic E-state index is 0.202. The lowest BCUT2D eigenvalue weighted by molar-refractivity contribution is -0.131. The Morgan fingerprint density at radius 3 is 2.48 bits per heavy atom. The average Bonchev–Trinajstić information content (AvgIpc) is 3.05. The van der Waals surface area contributed by atoms with Gasteiger partial charge in [0.15, 0.2) is 0 Å². The smallest absolute Gasteiger partial charge is 0.223 e. The number of nitrogens with one attached hydrogen (secondary N) is 1. The van der Waals surface area contributed by atoms with Gasteiger partial charge in [-0.3, -0.25) is 4.79 Å². The largest absolute Gasteiger partial charge is 0.368 e. The number of hydrogen-bond acceptors (Lipinski definition) is 4. The van der Waals surface area contributed by atoms with Gasteiger partial charge in [0, 0.05) is 61.1 Å². The standard InChI is InChI=1S/C19H24FN3OS/c1-15-2-7-18(25-15)14-21-9-8-19(24)23-12-10-22(11-13-23)17-5-3-16(20)4-6-17/h2-7,21H,8-14H2,1H3. The first-order valence-electron chi connectivity index (χ1n) is 8.66. The van der Waals surface area contributed by atoms with Gasteiger partial charge in [0.05, 0.1) is 0 Å². The van der Waals surface area contributed by atoms with Gasteiger partial charge in [-0.1, -0.05) is 0 Å². The number of aryl methyl sites for hydroxylation is 1. The third-order valence-electron chi connectivity index (χ3n) is 4.44. The number of piperazine rings is 1. The zero-order chi connectivity index (χ0) is 17.6. The van der Waals surface area contributed by atoms with Crippen molar-refractivity contribution in [3.63, 3.8) is 0 Å². The van der Waals surface area contributed by atoms with Crippen LogP contribution in [0.5, 0.6) is 0 Å². The number of anilines is 1. The van der Waals surface area contributed by atoms with Crippen molar-refractivity contribution >= 4 is 22.9 Å². The van der Waals surface area contributed by atoms with Gasteiger partial charge >= 0.3 is 0 Å². The third-order valence-corrected chi connectivity index (χ3v) is 5.44. The summed E-state index contributed by atoms with van der Waals surface area (Å²) in [5.74, 6) is -0.0172. The molecule has 6 heteroatoms. The van der Waals surface area contributed by atoms with Gasteiger partial charge in [-0.2, -0.15) is 0 Å². The zero-order valence-corrected chi connectivity index (χ0v) is 15.3. The molecular formula is C19H24FN3OS. The fraction of sp³-hybridized carbons (Fsp3) is 0.421. The number of hydrogen-bond donors (Lipinski definition) is 1. The van der Waals surface area contributed by atoms with Crippen molar-refractivity contribution in [1.82, 2.24) is 10.2 Å². The van der Waals surface area contributed by atoms with Crippen LogP contribution in [0.4, 0.5) is 10.1 Å². The van der Waals surface area contributed by atoms with Gasteiger partial charge in [0.1, 0.15) is 5.82 Å². The molecule has 0 atom stereocenters. The Balaban J connectivity index is 1.37. The highest BCUT2D eigenvalue weighted by atomic mass is 32.1.